The average molecular weight is 272 g/mol. The fourth-order valence-corrected chi connectivity index (χ4v) is 2.14. The van der Waals surface area contributed by atoms with Crippen molar-refractivity contribution in [3.63, 3.8) is 0 Å². The van der Waals surface area contributed by atoms with Crippen LogP contribution in [0.15, 0.2) is 42.5 Å². The van der Waals surface area contributed by atoms with Gasteiger partial charge in [-0.1, -0.05) is 18.2 Å². The molecule has 2 aromatic rings. The number of methoxy groups -OCH3 is 1. The van der Waals surface area contributed by atoms with Gasteiger partial charge in [-0.25, -0.2) is 0 Å². The molecular formula is C17H20O3. The van der Waals surface area contributed by atoms with Crippen molar-refractivity contribution in [3.05, 3.63) is 59.2 Å². The van der Waals surface area contributed by atoms with Gasteiger partial charge in [0.25, 0.3) is 0 Å². The van der Waals surface area contributed by atoms with Crippen LogP contribution in [0.1, 0.15) is 22.8 Å². The van der Waals surface area contributed by atoms with E-state index in [9.17, 15) is 5.11 Å². The maximum atomic E-state index is 10.2. The first kappa shape index (κ1) is 14.4. The fourth-order valence-electron chi connectivity index (χ4n) is 2.14. The Balaban J connectivity index is 2.02. The van der Waals surface area contributed by atoms with E-state index in [4.69, 9.17) is 9.47 Å². The Morgan fingerprint density at radius 3 is 2.35 bits per heavy atom. The van der Waals surface area contributed by atoms with E-state index in [1.54, 1.807) is 7.11 Å². The Kier molecular flexibility index (Phi) is 4.64. The summed E-state index contributed by atoms with van der Waals surface area (Å²) in [5.41, 5.74) is 3.08. The summed E-state index contributed by atoms with van der Waals surface area (Å²) in [6.45, 7) is 4.27. The lowest BCUT2D eigenvalue weighted by atomic mass is 10.1. The number of aryl methyl sites for hydroxylation is 2. The lowest BCUT2D eigenvalue weighted by Gasteiger charge is -2.14. The van der Waals surface area contributed by atoms with Gasteiger partial charge in [-0.15, -0.1) is 0 Å². The Morgan fingerprint density at radius 2 is 1.70 bits per heavy atom. The van der Waals surface area contributed by atoms with Crippen LogP contribution in [0.2, 0.25) is 0 Å². The van der Waals surface area contributed by atoms with Gasteiger partial charge in [-0.2, -0.15) is 0 Å². The molecule has 20 heavy (non-hydrogen) atoms. The molecule has 0 amide bonds. The Hall–Kier alpha value is -2.00. The standard InChI is InChI=1S/C17H20O3/c1-12-7-13(2)9-16(8-12)20-11-17(18)14-5-4-6-15(10-14)19-3/h4-10,17-18H,11H2,1-3H3. The molecule has 0 saturated carbocycles. The zero-order valence-electron chi connectivity index (χ0n) is 12.1. The number of benzene rings is 2. The molecule has 1 unspecified atom stereocenters. The zero-order valence-corrected chi connectivity index (χ0v) is 12.1. The van der Waals surface area contributed by atoms with Gasteiger partial charge in [0, 0.05) is 0 Å². The molecule has 0 aromatic heterocycles. The molecule has 0 aliphatic carbocycles. The largest absolute Gasteiger partial charge is 0.497 e. The van der Waals surface area contributed by atoms with Gasteiger partial charge in [-0.3, -0.25) is 0 Å². The van der Waals surface area contributed by atoms with Crippen molar-refractivity contribution in [1.82, 2.24) is 0 Å². The van der Waals surface area contributed by atoms with Gasteiger partial charge in [0.1, 0.15) is 24.2 Å². The Labute approximate surface area is 119 Å². The highest BCUT2D eigenvalue weighted by Gasteiger charge is 2.09. The fraction of sp³-hybridized carbons (Fsp3) is 0.294. The first-order chi connectivity index (χ1) is 9.58. The number of ether oxygens (including phenoxy) is 2. The van der Waals surface area contributed by atoms with E-state index in [1.807, 2.05) is 50.2 Å². The van der Waals surface area contributed by atoms with Gasteiger partial charge in [-0.05, 0) is 54.8 Å². The van der Waals surface area contributed by atoms with Crippen molar-refractivity contribution < 1.29 is 14.6 Å². The smallest absolute Gasteiger partial charge is 0.119 e. The first-order valence-corrected chi connectivity index (χ1v) is 6.61. The molecule has 2 aromatic carbocycles. The van der Waals surface area contributed by atoms with Gasteiger partial charge >= 0.3 is 0 Å². The number of rotatable bonds is 5. The maximum absolute atomic E-state index is 10.2. The van der Waals surface area contributed by atoms with Crippen molar-refractivity contribution in [2.24, 2.45) is 0 Å². The van der Waals surface area contributed by atoms with Crippen molar-refractivity contribution in [1.29, 1.82) is 0 Å². The van der Waals surface area contributed by atoms with Crippen LogP contribution >= 0.6 is 0 Å². The number of hydrogen-bond donors (Lipinski definition) is 1. The van der Waals surface area contributed by atoms with Crippen LogP contribution in [0.5, 0.6) is 11.5 Å². The van der Waals surface area contributed by atoms with Crippen molar-refractivity contribution in [2.45, 2.75) is 20.0 Å². The SMILES string of the molecule is COc1cccc(C(O)COc2cc(C)cc(C)c2)c1. The lowest BCUT2D eigenvalue weighted by molar-refractivity contribution is 0.108. The van der Waals surface area contributed by atoms with Crippen LogP contribution in [0, 0.1) is 13.8 Å². The molecule has 2 rings (SSSR count). The van der Waals surface area contributed by atoms with Crippen molar-refractivity contribution >= 4 is 0 Å². The van der Waals surface area contributed by atoms with Gasteiger partial charge in [0.05, 0.1) is 7.11 Å². The first-order valence-electron chi connectivity index (χ1n) is 6.61. The topological polar surface area (TPSA) is 38.7 Å². The second kappa shape index (κ2) is 6.44. The molecule has 1 atom stereocenters. The molecule has 106 valence electrons. The van der Waals surface area contributed by atoms with E-state index in [0.717, 1.165) is 28.2 Å². The molecule has 0 aliphatic heterocycles. The highest BCUT2D eigenvalue weighted by atomic mass is 16.5. The molecule has 0 fully saturated rings. The van der Waals surface area contributed by atoms with Crippen LogP contribution in [-0.2, 0) is 0 Å². The molecule has 0 saturated heterocycles. The Bertz CT molecular complexity index is 558. The summed E-state index contributed by atoms with van der Waals surface area (Å²) in [4.78, 5) is 0. The van der Waals surface area contributed by atoms with Gasteiger partial charge in [0.15, 0.2) is 0 Å². The van der Waals surface area contributed by atoms with E-state index in [0.29, 0.717) is 0 Å². The summed E-state index contributed by atoms with van der Waals surface area (Å²) < 4.78 is 10.8. The monoisotopic (exact) mass is 272 g/mol. The molecule has 0 heterocycles. The predicted molar refractivity (Wildman–Crippen MR) is 79.4 cm³/mol. The summed E-state index contributed by atoms with van der Waals surface area (Å²) in [6, 6.07) is 13.4. The third-order valence-corrected chi connectivity index (χ3v) is 3.08. The highest BCUT2D eigenvalue weighted by Crippen LogP contribution is 2.21. The van der Waals surface area contributed by atoms with E-state index in [2.05, 4.69) is 6.07 Å². The molecule has 1 N–H and O–H groups in total. The van der Waals surface area contributed by atoms with E-state index in [1.165, 1.54) is 0 Å². The van der Waals surface area contributed by atoms with Crippen LogP contribution in [0.4, 0.5) is 0 Å². The van der Waals surface area contributed by atoms with Crippen LogP contribution in [-0.4, -0.2) is 18.8 Å². The number of hydrogen-bond acceptors (Lipinski definition) is 3. The van der Waals surface area contributed by atoms with Crippen LogP contribution in [0.25, 0.3) is 0 Å². The quantitative estimate of drug-likeness (QED) is 0.906. The second-order valence-electron chi connectivity index (χ2n) is 4.93. The minimum atomic E-state index is -0.675. The molecule has 0 spiro atoms. The summed E-state index contributed by atoms with van der Waals surface area (Å²) in [6.07, 6.45) is -0.675. The molecule has 0 aliphatic rings. The average Bonchev–Trinajstić information content (AvgIpc) is 2.44. The molecule has 0 bridgehead atoms. The number of aliphatic hydroxyl groups excluding tert-OH is 1. The lowest BCUT2D eigenvalue weighted by Crippen LogP contribution is -2.10. The van der Waals surface area contributed by atoms with Crippen molar-refractivity contribution in [2.75, 3.05) is 13.7 Å². The summed E-state index contributed by atoms with van der Waals surface area (Å²) >= 11 is 0. The van der Waals surface area contributed by atoms with E-state index >= 15 is 0 Å². The third-order valence-electron chi connectivity index (χ3n) is 3.08. The van der Waals surface area contributed by atoms with E-state index in [-0.39, 0.29) is 6.61 Å². The van der Waals surface area contributed by atoms with Crippen molar-refractivity contribution in [3.8, 4) is 11.5 Å². The summed E-state index contributed by atoms with van der Waals surface area (Å²) in [5.74, 6) is 1.51. The normalized spacial score (nSPS) is 12.0. The third kappa shape index (κ3) is 3.75. The van der Waals surface area contributed by atoms with Crippen LogP contribution < -0.4 is 9.47 Å². The minimum Gasteiger partial charge on any atom is -0.497 e. The molecule has 0 radical (unpaired) electrons. The molecular weight excluding hydrogens is 252 g/mol. The maximum Gasteiger partial charge on any atom is 0.119 e. The molecule has 3 heteroatoms. The second-order valence-corrected chi connectivity index (χ2v) is 4.93. The zero-order chi connectivity index (χ0) is 14.5. The van der Waals surface area contributed by atoms with E-state index < -0.39 is 6.10 Å². The Morgan fingerprint density at radius 1 is 1.00 bits per heavy atom. The summed E-state index contributed by atoms with van der Waals surface area (Å²) in [5, 5.41) is 10.2. The predicted octanol–water partition coefficient (Wildman–Crippen LogP) is 3.42. The number of aliphatic hydroxyl groups is 1. The molecule has 3 nitrogen and oxygen atoms in total. The van der Waals surface area contributed by atoms with Crippen LogP contribution in [0.3, 0.4) is 0 Å². The highest BCUT2D eigenvalue weighted by molar-refractivity contribution is 5.33. The summed E-state index contributed by atoms with van der Waals surface area (Å²) in [7, 11) is 1.61. The van der Waals surface area contributed by atoms with Gasteiger partial charge < -0.3 is 14.6 Å². The minimum absolute atomic E-state index is 0.218. The van der Waals surface area contributed by atoms with Gasteiger partial charge in [0.2, 0.25) is 0 Å².